The molecular formula is C28H34Br2N4O5. The Morgan fingerprint density at radius 3 is 2.56 bits per heavy atom. The summed E-state index contributed by atoms with van der Waals surface area (Å²) in [4.78, 5) is 39.0. The lowest BCUT2D eigenvalue weighted by molar-refractivity contribution is -0.167. The second kappa shape index (κ2) is 11.0. The van der Waals surface area contributed by atoms with E-state index >= 15 is 0 Å². The van der Waals surface area contributed by atoms with Crippen molar-refractivity contribution in [1.82, 2.24) is 9.97 Å². The molecule has 210 valence electrons. The molecule has 0 aromatic carbocycles. The zero-order valence-corrected chi connectivity index (χ0v) is 25.8. The van der Waals surface area contributed by atoms with E-state index in [0.29, 0.717) is 43.2 Å². The summed E-state index contributed by atoms with van der Waals surface area (Å²) in [5.74, 6) is 1.18. The minimum atomic E-state index is -0.576. The first-order valence-electron chi connectivity index (χ1n) is 13.2. The molecule has 0 bridgehead atoms. The predicted octanol–water partition coefficient (Wildman–Crippen LogP) is 4.75. The van der Waals surface area contributed by atoms with Crippen LogP contribution in [0.1, 0.15) is 39.2 Å². The topological polar surface area (TPSA) is 94.1 Å². The molecule has 2 aromatic rings. The molecule has 11 heteroatoms. The molecule has 9 nitrogen and oxygen atoms in total. The smallest absolute Gasteiger partial charge is 0.313 e. The van der Waals surface area contributed by atoms with Gasteiger partial charge in [0.15, 0.2) is 0 Å². The molecule has 4 heterocycles. The Hall–Kier alpha value is -2.24. The normalized spacial score (nSPS) is 26.3. The first-order chi connectivity index (χ1) is 18.5. The number of hydrogen-bond acceptors (Lipinski definition) is 9. The molecular weight excluding hydrogens is 632 g/mol. The molecule has 0 radical (unpaired) electrons. The fraction of sp³-hybridized carbons (Fsp3) is 0.571. The summed E-state index contributed by atoms with van der Waals surface area (Å²) in [6.07, 6.45) is 1.09. The van der Waals surface area contributed by atoms with Gasteiger partial charge in [0.25, 0.3) is 0 Å². The van der Waals surface area contributed by atoms with Crippen molar-refractivity contribution in [3.8, 4) is 0 Å². The molecule has 4 atom stereocenters. The number of piperidine rings is 2. The van der Waals surface area contributed by atoms with Crippen LogP contribution >= 0.6 is 31.9 Å². The summed E-state index contributed by atoms with van der Waals surface area (Å²) in [5, 5.41) is 0. The van der Waals surface area contributed by atoms with Crippen LogP contribution in [0.15, 0.2) is 39.5 Å². The van der Waals surface area contributed by atoms with Crippen LogP contribution in [0, 0.1) is 17.3 Å². The summed E-state index contributed by atoms with van der Waals surface area (Å²) in [6.45, 7) is 8.51. The van der Waals surface area contributed by atoms with Crippen LogP contribution in [-0.2, 0) is 30.4 Å². The largest absolute Gasteiger partial charge is 0.469 e. The van der Waals surface area contributed by atoms with Gasteiger partial charge in [-0.2, -0.15) is 0 Å². The summed E-state index contributed by atoms with van der Waals surface area (Å²) >= 11 is 7.00. The molecule has 2 aromatic heterocycles. The van der Waals surface area contributed by atoms with Gasteiger partial charge in [-0.15, -0.1) is 0 Å². The fourth-order valence-corrected chi connectivity index (χ4v) is 6.48. The minimum absolute atomic E-state index is 0.136. The van der Waals surface area contributed by atoms with Crippen molar-refractivity contribution in [2.75, 3.05) is 43.1 Å². The van der Waals surface area contributed by atoms with Crippen LogP contribution < -0.4 is 9.80 Å². The highest BCUT2D eigenvalue weighted by Crippen LogP contribution is 2.59. The van der Waals surface area contributed by atoms with Crippen molar-refractivity contribution in [1.29, 1.82) is 0 Å². The van der Waals surface area contributed by atoms with Crippen molar-refractivity contribution in [2.24, 2.45) is 17.3 Å². The first kappa shape index (κ1) is 28.3. The van der Waals surface area contributed by atoms with Gasteiger partial charge in [0.05, 0.1) is 31.2 Å². The Balaban J connectivity index is 1.31. The summed E-state index contributed by atoms with van der Waals surface area (Å²) in [5.41, 5.74) is -0.0459. The van der Waals surface area contributed by atoms with Gasteiger partial charge in [0, 0.05) is 26.2 Å². The summed E-state index contributed by atoms with van der Waals surface area (Å²) in [7, 11) is 1.45. The number of carbonyl (C=O) groups excluding carboxylic acids is 2. The Morgan fingerprint density at radius 2 is 1.85 bits per heavy atom. The number of rotatable bonds is 7. The molecule has 0 unspecified atom stereocenters. The van der Waals surface area contributed by atoms with Crippen molar-refractivity contribution in [3.63, 3.8) is 0 Å². The number of hydrogen-bond donors (Lipinski definition) is 0. The number of esters is 2. The maximum Gasteiger partial charge on any atom is 0.313 e. The predicted molar refractivity (Wildman–Crippen MR) is 153 cm³/mol. The number of halogens is 2. The van der Waals surface area contributed by atoms with E-state index < -0.39 is 11.0 Å². The van der Waals surface area contributed by atoms with E-state index in [0.717, 1.165) is 34.8 Å². The molecule has 0 spiro atoms. The molecule has 0 amide bonds. The minimum Gasteiger partial charge on any atom is -0.469 e. The second-order valence-electron chi connectivity index (χ2n) is 11.6. The van der Waals surface area contributed by atoms with Gasteiger partial charge < -0.3 is 24.0 Å². The number of aromatic nitrogens is 2. The molecule has 1 saturated carbocycles. The fourth-order valence-electron chi connectivity index (χ4n) is 5.67. The Labute approximate surface area is 245 Å². The van der Waals surface area contributed by atoms with Crippen LogP contribution in [0.5, 0.6) is 0 Å². The number of fused-ring (bicyclic) bond motifs is 1. The number of nitrogens with zero attached hydrogens (tertiary/aromatic N) is 4. The Kier molecular flexibility index (Phi) is 7.96. The van der Waals surface area contributed by atoms with Gasteiger partial charge in [-0.25, -0.2) is 9.97 Å². The van der Waals surface area contributed by atoms with Gasteiger partial charge in [-0.3, -0.25) is 9.59 Å². The van der Waals surface area contributed by atoms with Crippen molar-refractivity contribution < 1.29 is 23.8 Å². The molecule has 5 rings (SSSR count). The van der Waals surface area contributed by atoms with E-state index in [1.807, 2.05) is 51.1 Å². The van der Waals surface area contributed by atoms with E-state index in [-0.39, 0.29) is 24.0 Å². The SMILES string of the molecule is COC(=O)[C@]12C[C@H]1CN(c1cc(CO[C@H]3CN(c4cccc(Br)n4)CC[C@H]3C(=O)OC(C)(C)C)cc(Br)n1)C2. The van der Waals surface area contributed by atoms with Gasteiger partial charge >= 0.3 is 11.9 Å². The quantitative estimate of drug-likeness (QED) is 0.307. The summed E-state index contributed by atoms with van der Waals surface area (Å²) < 4.78 is 18.7. The Morgan fingerprint density at radius 1 is 1.08 bits per heavy atom. The lowest BCUT2D eigenvalue weighted by Gasteiger charge is -2.38. The van der Waals surface area contributed by atoms with E-state index in [1.54, 1.807) is 0 Å². The van der Waals surface area contributed by atoms with Crippen molar-refractivity contribution >= 4 is 55.4 Å². The van der Waals surface area contributed by atoms with E-state index in [4.69, 9.17) is 14.2 Å². The van der Waals surface area contributed by atoms with E-state index in [1.165, 1.54) is 7.11 Å². The lowest BCUT2D eigenvalue weighted by atomic mass is 9.93. The van der Waals surface area contributed by atoms with Crippen molar-refractivity contribution in [2.45, 2.75) is 51.9 Å². The number of carbonyl (C=O) groups is 2. The average molecular weight is 666 g/mol. The van der Waals surface area contributed by atoms with Crippen LogP contribution in [0.4, 0.5) is 11.6 Å². The van der Waals surface area contributed by atoms with Gasteiger partial charge in [0.2, 0.25) is 0 Å². The number of anilines is 2. The third-order valence-corrected chi connectivity index (χ3v) is 8.51. The van der Waals surface area contributed by atoms with Crippen LogP contribution in [0.3, 0.4) is 0 Å². The molecule has 2 aliphatic heterocycles. The van der Waals surface area contributed by atoms with Gasteiger partial charge in [0.1, 0.15) is 26.4 Å². The molecule has 3 aliphatic rings. The lowest BCUT2D eigenvalue weighted by Crippen LogP contribution is -2.49. The summed E-state index contributed by atoms with van der Waals surface area (Å²) in [6, 6.07) is 9.73. The highest BCUT2D eigenvalue weighted by atomic mass is 79.9. The standard InChI is InChI=1S/C28H34Br2N4O5/c1-27(2,3)39-25(35)19-8-9-33(23-7-5-6-21(29)31-23)14-20(19)38-15-17-10-22(30)32-24(11-17)34-13-18-12-28(18,16-34)26(36)37-4/h5-7,10-11,18-20H,8-9,12-16H2,1-4H3/t18-,19+,20-,28-/m0/s1. The number of ether oxygens (including phenoxy) is 3. The Bertz CT molecular complexity index is 1250. The maximum absolute atomic E-state index is 13.2. The molecule has 3 fully saturated rings. The third-order valence-electron chi connectivity index (χ3n) is 7.66. The van der Waals surface area contributed by atoms with Crippen LogP contribution in [0.25, 0.3) is 0 Å². The number of methoxy groups -OCH3 is 1. The molecule has 0 N–H and O–H groups in total. The van der Waals surface area contributed by atoms with E-state index in [2.05, 4.69) is 51.6 Å². The zero-order valence-electron chi connectivity index (χ0n) is 22.7. The van der Waals surface area contributed by atoms with Crippen molar-refractivity contribution in [3.05, 3.63) is 45.1 Å². The van der Waals surface area contributed by atoms with Gasteiger partial charge in [-0.05, 0) is 101 Å². The van der Waals surface area contributed by atoms with Crippen LogP contribution in [-0.4, -0.2) is 66.9 Å². The highest BCUT2D eigenvalue weighted by molar-refractivity contribution is 9.10. The molecule has 1 aliphatic carbocycles. The average Bonchev–Trinajstić information content (AvgIpc) is 3.45. The van der Waals surface area contributed by atoms with Crippen LogP contribution in [0.2, 0.25) is 0 Å². The first-order valence-corrected chi connectivity index (χ1v) is 14.8. The molecule has 2 saturated heterocycles. The zero-order chi connectivity index (χ0) is 27.9. The second-order valence-corrected chi connectivity index (χ2v) is 13.3. The highest BCUT2D eigenvalue weighted by Gasteiger charge is 2.66. The van der Waals surface area contributed by atoms with Gasteiger partial charge in [-0.1, -0.05) is 6.07 Å². The van der Waals surface area contributed by atoms with E-state index in [9.17, 15) is 9.59 Å². The molecule has 39 heavy (non-hydrogen) atoms. The number of pyridine rings is 2. The monoisotopic (exact) mass is 664 g/mol. The maximum atomic E-state index is 13.2. The third kappa shape index (κ3) is 6.25.